The molecule has 1 aromatic carbocycles. The highest BCUT2D eigenvalue weighted by molar-refractivity contribution is 5.92. The molecule has 0 spiro atoms. The molecule has 126 valence electrons. The van der Waals surface area contributed by atoms with E-state index in [2.05, 4.69) is 52.7 Å². The van der Waals surface area contributed by atoms with E-state index in [1.807, 2.05) is 24.1 Å². The summed E-state index contributed by atoms with van der Waals surface area (Å²) in [6.07, 6.45) is 9.84. The maximum atomic E-state index is 4.49. The average Bonchev–Trinajstić information content (AvgIpc) is 3.00. The quantitative estimate of drug-likeness (QED) is 0.621. The molecule has 0 aliphatic heterocycles. The molecule has 3 rings (SSSR count). The molecule has 0 saturated heterocycles. The monoisotopic (exact) mass is 322 g/mol. The number of anilines is 1. The fraction of sp³-hybridized carbons (Fsp3) is 0.400. The average molecular weight is 322 g/mol. The number of unbranched alkanes of at least 4 members (excludes halogenated alkanes) is 3. The Kier molecular flexibility index (Phi) is 5.47. The predicted molar refractivity (Wildman–Crippen MR) is 100 cm³/mol. The zero-order chi connectivity index (χ0) is 16.8. The van der Waals surface area contributed by atoms with Gasteiger partial charge in [-0.2, -0.15) is 5.10 Å². The van der Waals surface area contributed by atoms with Crippen LogP contribution in [0.3, 0.4) is 0 Å². The third-order valence-electron chi connectivity index (χ3n) is 4.57. The molecule has 0 amide bonds. The highest BCUT2D eigenvalue weighted by atomic mass is 15.2. The Balaban J connectivity index is 1.41. The fourth-order valence-electron chi connectivity index (χ4n) is 3.13. The molecule has 0 unspecified atom stereocenters. The first kappa shape index (κ1) is 16.5. The first-order valence-corrected chi connectivity index (χ1v) is 8.81. The smallest absolute Gasteiger partial charge is 0.0751 e. The van der Waals surface area contributed by atoms with Crippen LogP contribution in [0.1, 0.15) is 36.9 Å². The SMILES string of the molecule is Cc1cccc2c(NCCCCCCc3ccnn3C)ccnc12. The maximum Gasteiger partial charge on any atom is 0.0751 e. The van der Waals surface area contributed by atoms with Gasteiger partial charge < -0.3 is 5.32 Å². The first-order chi connectivity index (χ1) is 11.8. The zero-order valence-corrected chi connectivity index (χ0v) is 14.6. The van der Waals surface area contributed by atoms with Crippen LogP contribution in [0.5, 0.6) is 0 Å². The van der Waals surface area contributed by atoms with Gasteiger partial charge in [0, 0.05) is 42.8 Å². The number of benzene rings is 1. The molecule has 0 bridgehead atoms. The van der Waals surface area contributed by atoms with Gasteiger partial charge in [0.15, 0.2) is 0 Å². The molecule has 1 N–H and O–H groups in total. The van der Waals surface area contributed by atoms with E-state index in [1.165, 1.54) is 48.0 Å². The van der Waals surface area contributed by atoms with Gasteiger partial charge in [-0.15, -0.1) is 0 Å². The summed E-state index contributed by atoms with van der Waals surface area (Å²) >= 11 is 0. The van der Waals surface area contributed by atoms with Crippen molar-refractivity contribution in [3.8, 4) is 0 Å². The summed E-state index contributed by atoms with van der Waals surface area (Å²) in [6, 6.07) is 10.5. The van der Waals surface area contributed by atoms with E-state index in [9.17, 15) is 0 Å². The number of hydrogen-bond acceptors (Lipinski definition) is 3. The summed E-state index contributed by atoms with van der Waals surface area (Å²) in [7, 11) is 2.01. The number of nitrogens with one attached hydrogen (secondary N) is 1. The van der Waals surface area contributed by atoms with E-state index >= 15 is 0 Å². The molecule has 3 aromatic rings. The van der Waals surface area contributed by atoms with Crippen molar-refractivity contribution in [1.29, 1.82) is 0 Å². The van der Waals surface area contributed by atoms with Crippen LogP contribution in [0.25, 0.3) is 10.9 Å². The van der Waals surface area contributed by atoms with Gasteiger partial charge in [-0.3, -0.25) is 9.67 Å². The van der Waals surface area contributed by atoms with E-state index < -0.39 is 0 Å². The number of hydrogen-bond donors (Lipinski definition) is 1. The van der Waals surface area contributed by atoms with Crippen molar-refractivity contribution < 1.29 is 0 Å². The topological polar surface area (TPSA) is 42.7 Å². The standard InChI is InChI=1S/C20H26N4/c1-16-8-7-10-18-19(12-14-22-20(16)18)21-13-6-4-3-5-9-17-11-15-23-24(17)2/h7-8,10-12,14-15H,3-6,9,13H2,1-2H3,(H,21,22). The lowest BCUT2D eigenvalue weighted by Crippen LogP contribution is -2.03. The van der Waals surface area contributed by atoms with Crippen molar-refractivity contribution in [3.05, 3.63) is 54.0 Å². The molecule has 4 heteroatoms. The number of aromatic nitrogens is 3. The van der Waals surface area contributed by atoms with Crippen LogP contribution >= 0.6 is 0 Å². The van der Waals surface area contributed by atoms with Gasteiger partial charge in [0.2, 0.25) is 0 Å². The number of aryl methyl sites for hydroxylation is 3. The summed E-state index contributed by atoms with van der Waals surface area (Å²) in [5.41, 5.74) is 4.84. The molecule has 0 aliphatic carbocycles. The Morgan fingerprint density at radius 1 is 1.00 bits per heavy atom. The second-order valence-corrected chi connectivity index (χ2v) is 6.37. The molecule has 2 aromatic heterocycles. The van der Waals surface area contributed by atoms with Crippen molar-refractivity contribution >= 4 is 16.6 Å². The van der Waals surface area contributed by atoms with Crippen LogP contribution in [0.15, 0.2) is 42.7 Å². The number of rotatable bonds is 8. The van der Waals surface area contributed by atoms with Crippen LogP contribution in [0, 0.1) is 6.92 Å². The van der Waals surface area contributed by atoms with E-state index in [1.54, 1.807) is 0 Å². The molecular weight excluding hydrogens is 296 g/mol. The third-order valence-corrected chi connectivity index (χ3v) is 4.57. The Labute approximate surface area is 143 Å². The minimum Gasteiger partial charge on any atom is -0.384 e. The third kappa shape index (κ3) is 3.94. The number of nitrogens with zero attached hydrogens (tertiary/aromatic N) is 3. The zero-order valence-electron chi connectivity index (χ0n) is 14.6. The van der Waals surface area contributed by atoms with Crippen LogP contribution in [0.2, 0.25) is 0 Å². The summed E-state index contributed by atoms with van der Waals surface area (Å²) in [5.74, 6) is 0. The molecular formula is C20H26N4. The van der Waals surface area contributed by atoms with Crippen molar-refractivity contribution in [1.82, 2.24) is 14.8 Å². The van der Waals surface area contributed by atoms with Gasteiger partial charge >= 0.3 is 0 Å². The normalized spacial score (nSPS) is 11.1. The van der Waals surface area contributed by atoms with Crippen molar-refractivity contribution in [2.24, 2.45) is 7.05 Å². The van der Waals surface area contributed by atoms with Crippen LogP contribution < -0.4 is 5.32 Å². The predicted octanol–water partition coefficient (Wildman–Crippen LogP) is 4.49. The lowest BCUT2D eigenvalue weighted by Gasteiger charge is -2.10. The molecule has 0 fully saturated rings. The maximum absolute atomic E-state index is 4.49. The highest BCUT2D eigenvalue weighted by Crippen LogP contribution is 2.23. The highest BCUT2D eigenvalue weighted by Gasteiger charge is 2.03. The fourth-order valence-corrected chi connectivity index (χ4v) is 3.13. The van der Waals surface area contributed by atoms with E-state index in [-0.39, 0.29) is 0 Å². The second kappa shape index (κ2) is 7.95. The van der Waals surface area contributed by atoms with Gasteiger partial charge in [0.05, 0.1) is 5.52 Å². The largest absolute Gasteiger partial charge is 0.384 e. The minimum atomic E-state index is 1.01. The van der Waals surface area contributed by atoms with Gasteiger partial charge in [-0.05, 0) is 43.9 Å². The van der Waals surface area contributed by atoms with Crippen molar-refractivity contribution in [2.45, 2.75) is 39.0 Å². The second-order valence-electron chi connectivity index (χ2n) is 6.37. The Bertz CT molecular complexity index is 791. The first-order valence-electron chi connectivity index (χ1n) is 8.81. The summed E-state index contributed by atoms with van der Waals surface area (Å²) in [4.78, 5) is 4.49. The van der Waals surface area contributed by atoms with Gasteiger partial charge in [0.1, 0.15) is 0 Å². The van der Waals surface area contributed by atoms with E-state index in [4.69, 9.17) is 0 Å². The lowest BCUT2D eigenvalue weighted by atomic mass is 10.1. The molecule has 2 heterocycles. The molecule has 4 nitrogen and oxygen atoms in total. The molecule has 0 radical (unpaired) electrons. The number of para-hydroxylation sites is 1. The molecule has 0 aliphatic rings. The van der Waals surface area contributed by atoms with Gasteiger partial charge in [-0.25, -0.2) is 0 Å². The Morgan fingerprint density at radius 3 is 2.71 bits per heavy atom. The van der Waals surface area contributed by atoms with E-state index in [0.29, 0.717) is 0 Å². The van der Waals surface area contributed by atoms with Crippen molar-refractivity contribution in [3.63, 3.8) is 0 Å². The number of pyridine rings is 1. The summed E-state index contributed by atoms with van der Waals surface area (Å²) < 4.78 is 1.97. The van der Waals surface area contributed by atoms with Crippen LogP contribution in [-0.2, 0) is 13.5 Å². The Morgan fingerprint density at radius 2 is 1.88 bits per heavy atom. The Hall–Kier alpha value is -2.36. The lowest BCUT2D eigenvalue weighted by molar-refractivity contribution is 0.624. The van der Waals surface area contributed by atoms with Gasteiger partial charge in [0.25, 0.3) is 0 Å². The van der Waals surface area contributed by atoms with Crippen molar-refractivity contribution in [2.75, 3.05) is 11.9 Å². The summed E-state index contributed by atoms with van der Waals surface area (Å²) in [5, 5.41) is 9.00. The number of fused-ring (bicyclic) bond motifs is 1. The van der Waals surface area contributed by atoms with E-state index in [0.717, 1.165) is 18.5 Å². The minimum absolute atomic E-state index is 1.01. The molecule has 24 heavy (non-hydrogen) atoms. The molecule has 0 atom stereocenters. The molecule has 0 saturated carbocycles. The summed E-state index contributed by atoms with van der Waals surface area (Å²) in [6.45, 7) is 3.13. The van der Waals surface area contributed by atoms with Crippen LogP contribution in [-0.4, -0.2) is 21.3 Å². The van der Waals surface area contributed by atoms with Gasteiger partial charge in [-0.1, -0.05) is 31.0 Å². The van der Waals surface area contributed by atoms with Crippen LogP contribution in [0.4, 0.5) is 5.69 Å².